The molecule has 1 amide bonds. The third-order valence-electron chi connectivity index (χ3n) is 3.57. The van der Waals surface area contributed by atoms with E-state index >= 15 is 0 Å². The second kappa shape index (κ2) is 8.61. The van der Waals surface area contributed by atoms with Crippen molar-refractivity contribution in [1.82, 2.24) is 5.32 Å². The minimum absolute atomic E-state index is 0.0280. The highest BCUT2D eigenvalue weighted by Crippen LogP contribution is 2.27. The molecule has 0 heterocycles. The Hall–Kier alpha value is -3.42. The summed E-state index contributed by atoms with van der Waals surface area (Å²) in [5.41, 5.74) is 0.508. The van der Waals surface area contributed by atoms with E-state index in [1.165, 1.54) is 26.2 Å². The summed E-state index contributed by atoms with van der Waals surface area (Å²) in [6.45, 7) is 1.73. The quantitative estimate of drug-likeness (QED) is 0.463. The van der Waals surface area contributed by atoms with Crippen molar-refractivity contribution in [3.05, 3.63) is 69.8 Å². The van der Waals surface area contributed by atoms with Crippen LogP contribution in [0.2, 0.25) is 0 Å². The normalized spacial score (nSPS) is 11.3. The SMILES string of the molecule is COc1ccc(C(=O)OC(C)C(=O)NCc2ccccc2)cc1[N+](=O)[O-]. The predicted molar refractivity (Wildman–Crippen MR) is 92.8 cm³/mol. The van der Waals surface area contributed by atoms with Gasteiger partial charge in [-0.25, -0.2) is 4.79 Å². The standard InChI is InChI=1S/C18H18N2O6/c1-12(17(21)19-11-13-6-4-3-5-7-13)26-18(22)14-8-9-16(25-2)15(10-14)20(23)24/h3-10,12H,11H2,1-2H3,(H,19,21). The number of rotatable bonds is 7. The van der Waals surface area contributed by atoms with Gasteiger partial charge in [-0.2, -0.15) is 0 Å². The van der Waals surface area contributed by atoms with Gasteiger partial charge in [0.15, 0.2) is 11.9 Å². The van der Waals surface area contributed by atoms with Crippen molar-refractivity contribution in [2.45, 2.75) is 19.6 Å². The van der Waals surface area contributed by atoms with E-state index in [1.807, 2.05) is 30.3 Å². The molecular formula is C18H18N2O6. The van der Waals surface area contributed by atoms with Crippen LogP contribution in [0.5, 0.6) is 5.75 Å². The van der Waals surface area contributed by atoms with E-state index in [4.69, 9.17) is 9.47 Å². The van der Waals surface area contributed by atoms with Crippen molar-refractivity contribution >= 4 is 17.6 Å². The maximum Gasteiger partial charge on any atom is 0.339 e. The Morgan fingerprint density at radius 2 is 1.88 bits per heavy atom. The number of nitro groups is 1. The molecule has 2 rings (SSSR count). The summed E-state index contributed by atoms with van der Waals surface area (Å²) < 4.78 is 9.96. The topological polar surface area (TPSA) is 108 Å². The van der Waals surface area contributed by atoms with Crippen molar-refractivity contribution in [2.75, 3.05) is 7.11 Å². The van der Waals surface area contributed by atoms with E-state index in [1.54, 1.807) is 0 Å². The van der Waals surface area contributed by atoms with Crippen molar-refractivity contribution in [3.63, 3.8) is 0 Å². The number of carbonyl (C=O) groups excluding carboxylic acids is 2. The zero-order valence-electron chi connectivity index (χ0n) is 14.3. The van der Waals surface area contributed by atoms with Crippen LogP contribution in [-0.4, -0.2) is 30.0 Å². The second-order valence-electron chi connectivity index (χ2n) is 5.39. The van der Waals surface area contributed by atoms with Gasteiger partial charge in [0.2, 0.25) is 0 Å². The number of hydrogen-bond donors (Lipinski definition) is 1. The highest BCUT2D eigenvalue weighted by atomic mass is 16.6. The number of nitrogens with zero attached hydrogens (tertiary/aromatic N) is 1. The molecule has 0 aliphatic rings. The van der Waals surface area contributed by atoms with Gasteiger partial charge in [-0.05, 0) is 24.6 Å². The number of ether oxygens (including phenoxy) is 2. The predicted octanol–water partition coefficient (Wildman–Crippen LogP) is 2.47. The van der Waals surface area contributed by atoms with Crippen molar-refractivity contribution < 1.29 is 24.0 Å². The van der Waals surface area contributed by atoms with Gasteiger partial charge < -0.3 is 14.8 Å². The number of nitrogens with one attached hydrogen (secondary N) is 1. The zero-order chi connectivity index (χ0) is 19.1. The molecule has 2 aromatic carbocycles. The lowest BCUT2D eigenvalue weighted by molar-refractivity contribution is -0.385. The Bertz CT molecular complexity index is 807. The molecule has 1 N–H and O–H groups in total. The van der Waals surface area contributed by atoms with Crippen LogP contribution in [0.3, 0.4) is 0 Å². The van der Waals surface area contributed by atoms with Gasteiger partial charge in [-0.1, -0.05) is 30.3 Å². The Balaban J connectivity index is 1.98. The maximum absolute atomic E-state index is 12.1. The molecule has 0 aliphatic heterocycles. The van der Waals surface area contributed by atoms with Crippen LogP contribution in [0, 0.1) is 10.1 Å². The summed E-state index contributed by atoms with van der Waals surface area (Å²) >= 11 is 0. The first-order valence-electron chi connectivity index (χ1n) is 7.77. The van der Waals surface area contributed by atoms with Crippen LogP contribution < -0.4 is 10.1 Å². The van der Waals surface area contributed by atoms with Crippen molar-refractivity contribution in [1.29, 1.82) is 0 Å². The molecule has 0 radical (unpaired) electrons. The number of amides is 1. The Kier molecular flexibility index (Phi) is 6.26. The molecule has 0 saturated heterocycles. The Morgan fingerprint density at radius 1 is 1.19 bits per heavy atom. The molecule has 26 heavy (non-hydrogen) atoms. The fourth-order valence-corrected chi connectivity index (χ4v) is 2.17. The first-order chi connectivity index (χ1) is 12.4. The molecule has 1 unspecified atom stereocenters. The molecule has 0 spiro atoms. The average Bonchev–Trinajstić information content (AvgIpc) is 2.66. The average molecular weight is 358 g/mol. The molecule has 8 heteroatoms. The third-order valence-corrected chi connectivity index (χ3v) is 3.57. The van der Waals surface area contributed by atoms with Gasteiger partial charge in [0.05, 0.1) is 17.6 Å². The van der Waals surface area contributed by atoms with Crippen LogP contribution in [0.15, 0.2) is 48.5 Å². The largest absolute Gasteiger partial charge is 0.490 e. The first-order valence-corrected chi connectivity index (χ1v) is 7.77. The van der Waals surface area contributed by atoms with E-state index in [9.17, 15) is 19.7 Å². The minimum atomic E-state index is -1.05. The minimum Gasteiger partial charge on any atom is -0.490 e. The lowest BCUT2D eigenvalue weighted by Crippen LogP contribution is -2.35. The summed E-state index contributed by atoms with van der Waals surface area (Å²) in [6, 6.07) is 13.0. The molecule has 0 aliphatic carbocycles. The van der Waals surface area contributed by atoms with E-state index in [-0.39, 0.29) is 17.0 Å². The van der Waals surface area contributed by atoms with Crippen LogP contribution in [0.4, 0.5) is 5.69 Å². The monoisotopic (exact) mass is 358 g/mol. The number of hydrogen-bond acceptors (Lipinski definition) is 6. The van der Waals surface area contributed by atoms with Gasteiger partial charge >= 0.3 is 11.7 Å². The summed E-state index contributed by atoms with van der Waals surface area (Å²) in [5.74, 6) is -1.27. The van der Waals surface area contributed by atoms with Gasteiger partial charge in [0, 0.05) is 12.6 Å². The third kappa shape index (κ3) is 4.79. The van der Waals surface area contributed by atoms with Gasteiger partial charge in [-0.3, -0.25) is 14.9 Å². The molecular weight excluding hydrogens is 340 g/mol. The Morgan fingerprint density at radius 3 is 2.50 bits per heavy atom. The summed E-state index contributed by atoms with van der Waals surface area (Å²) in [7, 11) is 1.29. The molecule has 0 bridgehead atoms. The number of carbonyl (C=O) groups is 2. The molecule has 0 saturated carbocycles. The second-order valence-corrected chi connectivity index (χ2v) is 5.39. The van der Waals surface area contributed by atoms with Gasteiger partial charge in [-0.15, -0.1) is 0 Å². The maximum atomic E-state index is 12.1. The van der Waals surface area contributed by atoms with Crippen LogP contribution in [-0.2, 0) is 16.1 Å². The van der Waals surface area contributed by atoms with Crippen LogP contribution in [0.25, 0.3) is 0 Å². The number of nitro benzene ring substituents is 1. The van der Waals surface area contributed by atoms with Crippen molar-refractivity contribution in [2.24, 2.45) is 0 Å². The Labute approximate surface area is 149 Å². The summed E-state index contributed by atoms with van der Waals surface area (Å²) in [6.07, 6.45) is -1.05. The first kappa shape index (κ1) is 18.9. The number of esters is 1. The highest BCUT2D eigenvalue weighted by molar-refractivity contribution is 5.93. The molecule has 0 fully saturated rings. The lowest BCUT2D eigenvalue weighted by Gasteiger charge is -2.14. The van der Waals surface area contributed by atoms with Gasteiger partial charge in [0.1, 0.15) is 0 Å². The summed E-state index contributed by atoms with van der Waals surface area (Å²) in [4.78, 5) is 34.5. The van der Waals surface area contributed by atoms with Crippen LogP contribution >= 0.6 is 0 Å². The number of methoxy groups -OCH3 is 1. The van der Waals surface area contributed by atoms with E-state index in [0.717, 1.165) is 11.6 Å². The fraction of sp³-hybridized carbons (Fsp3) is 0.222. The van der Waals surface area contributed by atoms with Crippen molar-refractivity contribution in [3.8, 4) is 5.75 Å². The zero-order valence-corrected chi connectivity index (χ0v) is 14.3. The number of benzene rings is 2. The van der Waals surface area contributed by atoms with E-state index < -0.39 is 22.9 Å². The smallest absolute Gasteiger partial charge is 0.339 e. The molecule has 1 atom stereocenters. The molecule has 2 aromatic rings. The lowest BCUT2D eigenvalue weighted by atomic mass is 10.2. The molecule has 8 nitrogen and oxygen atoms in total. The molecule has 136 valence electrons. The van der Waals surface area contributed by atoms with E-state index in [2.05, 4.69) is 5.32 Å². The molecule has 0 aromatic heterocycles. The van der Waals surface area contributed by atoms with Crippen LogP contribution in [0.1, 0.15) is 22.8 Å². The van der Waals surface area contributed by atoms with Gasteiger partial charge in [0.25, 0.3) is 5.91 Å². The highest BCUT2D eigenvalue weighted by Gasteiger charge is 2.22. The fourth-order valence-electron chi connectivity index (χ4n) is 2.17. The summed E-state index contributed by atoms with van der Waals surface area (Å²) in [5, 5.41) is 13.7. The van der Waals surface area contributed by atoms with E-state index in [0.29, 0.717) is 6.54 Å².